The van der Waals surface area contributed by atoms with Gasteiger partial charge in [0.1, 0.15) is 11.4 Å². The molecule has 0 saturated carbocycles. The molecule has 0 N–H and O–H groups in total. The lowest BCUT2D eigenvalue weighted by Crippen LogP contribution is -2.47. The molecule has 1 saturated heterocycles. The molecule has 1 amide bonds. The highest BCUT2D eigenvalue weighted by Gasteiger charge is 2.48. The summed E-state index contributed by atoms with van der Waals surface area (Å²) in [6.45, 7) is 8.39. The fraction of sp³-hybridized carbons (Fsp3) is 0.526. The van der Waals surface area contributed by atoms with Crippen molar-refractivity contribution < 1.29 is 14.3 Å². The molecular weight excluding hydrogens is 354 g/mol. The highest BCUT2D eigenvalue weighted by atomic mass is 35.5. The summed E-state index contributed by atoms with van der Waals surface area (Å²) in [5.74, 6) is 0.489. The summed E-state index contributed by atoms with van der Waals surface area (Å²) in [4.78, 5) is 18.6. The van der Waals surface area contributed by atoms with Crippen molar-refractivity contribution in [3.63, 3.8) is 0 Å². The fourth-order valence-electron chi connectivity index (χ4n) is 3.31. The van der Waals surface area contributed by atoms with E-state index in [1.807, 2.05) is 33.8 Å². The van der Waals surface area contributed by atoms with Crippen molar-refractivity contribution in [3.8, 4) is 6.07 Å². The number of likely N-dealkylation sites (tertiary alicyclic amines) is 1. The minimum atomic E-state index is -0.633. The van der Waals surface area contributed by atoms with Crippen molar-refractivity contribution >= 4 is 23.5 Å². The number of rotatable bonds is 0. The smallest absolute Gasteiger partial charge is 0.410 e. The molecule has 0 atom stereocenters. The molecule has 3 rings (SSSR count). The van der Waals surface area contributed by atoms with E-state index >= 15 is 0 Å². The lowest BCUT2D eigenvalue weighted by Gasteiger charge is -2.38. The van der Waals surface area contributed by atoms with Crippen LogP contribution in [0.2, 0.25) is 5.02 Å². The highest BCUT2D eigenvalue weighted by Crippen LogP contribution is 2.48. The Morgan fingerprint density at radius 2 is 2.12 bits per heavy atom. The van der Waals surface area contributed by atoms with Crippen LogP contribution in [0.1, 0.15) is 50.6 Å². The summed E-state index contributed by atoms with van der Waals surface area (Å²) in [6, 6.07) is 3.82. The Morgan fingerprint density at radius 1 is 1.46 bits per heavy atom. The number of piperidine rings is 1. The van der Waals surface area contributed by atoms with Gasteiger partial charge in [-0.15, -0.1) is 0 Å². The number of halogens is 1. The van der Waals surface area contributed by atoms with Crippen LogP contribution >= 0.6 is 11.6 Å². The van der Waals surface area contributed by atoms with Crippen LogP contribution in [0.25, 0.3) is 5.76 Å². The second-order valence-electron chi connectivity index (χ2n) is 7.65. The summed E-state index contributed by atoms with van der Waals surface area (Å²) >= 11 is 6.21. The predicted octanol–water partition coefficient (Wildman–Crippen LogP) is 4.16. The van der Waals surface area contributed by atoms with Gasteiger partial charge in [-0.1, -0.05) is 11.6 Å². The quantitative estimate of drug-likeness (QED) is 0.636. The van der Waals surface area contributed by atoms with E-state index < -0.39 is 11.2 Å². The number of allylic oxidation sites excluding steroid dienone is 1. The van der Waals surface area contributed by atoms with E-state index in [4.69, 9.17) is 26.3 Å². The van der Waals surface area contributed by atoms with Crippen molar-refractivity contribution in [3.05, 3.63) is 34.1 Å². The van der Waals surface area contributed by atoms with Gasteiger partial charge in [-0.25, -0.2) is 4.79 Å². The van der Waals surface area contributed by atoms with Gasteiger partial charge >= 0.3 is 6.09 Å². The molecule has 0 aromatic carbocycles. The summed E-state index contributed by atoms with van der Waals surface area (Å²) in [5.41, 5.74) is 1.12. The first-order chi connectivity index (χ1) is 12.1. The first-order valence-electron chi connectivity index (χ1n) is 8.60. The summed E-state index contributed by atoms with van der Waals surface area (Å²) in [7, 11) is 0. The summed E-state index contributed by atoms with van der Waals surface area (Å²) in [6.07, 6.45) is 2.21. The Labute approximate surface area is 158 Å². The molecule has 1 spiro atoms. The number of nitriles is 1. The number of ether oxygens (including phenoxy) is 2. The van der Waals surface area contributed by atoms with Crippen LogP contribution in [0.15, 0.2) is 12.1 Å². The normalized spacial score (nSPS) is 19.8. The molecule has 0 radical (unpaired) electrons. The second kappa shape index (κ2) is 6.48. The monoisotopic (exact) mass is 375 g/mol. The first kappa shape index (κ1) is 18.5. The Kier molecular flexibility index (Phi) is 4.61. The molecule has 2 aliphatic rings. The molecule has 0 aliphatic carbocycles. The van der Waals surface area contributed by atoms with E-state index in [9.17, 15) is 4.79 Å². The fourth-order valence-corrected chi connectivity index (χ4v) is 3.46. The molecular formula is C19H22ClN3O3. The average molecular weight is 376 g/mol. The summed E-state index contributed by atoms with van der Waals surface area (Å²) in [5, 5.41) is 9.60. The molecule has 1 aromatic heterocycles. The molecule has 0 unspecified atom stereocenters. The van der Waals surface area contributed by atoms with Crippen LogP contribution < -0.4 is 0 Å². The number of amides is 1. The maximum absolute atomic E-state index is 12.3. The molecule has 3 heterocycles. The van der Waals surface area contributed by atoms with Crippen molar-refractivity contribution in [1.29, 1.82) is 5.26 Å². The van der Waals surface area contributed by atoms with Crippen LogP contribution in [0.4, 0.5) is 4.79 Å². The minimum Gasteiger partial charge on any atom is -0.479 e. The number of carbonyl (C=O) groups excluding carboxylic acids is 1. The third-order valence-electron chi connectivity index (χ3n) is 4.57. The van der Waals surface area contributed by atoms with Crippen LogP contribution in [-0.2, 0) is 15.1 Å². The zero-order chi connectivity index (χ0) is 19.1. The number of hydrogen-bond acceptors (Lipinski definition) is 5. The first-order valence-corrected chi connectivity index (χ1v) is 8.98. The minimum absolute atomic E-state index is 0.321. The molecule has 26 heavy (non-hydrogen) atoms. The largest absolute Gasteiger partial charge is 0.479 e. The zero-order valence-corrected chi connectivity index (χ0v) is 16.2. The Balaban J connectivity index is 1.86. The third-order valence-corrected chi connectivity index (χ3v) is 4.95. The highest BCUT2D eigenvalue weighted by molar-refractivity contribution is 6.31. The number of aromatic nitrogens is 1. The van der Waals surface area contributed by atoms with Crippen LogP contribution in [0, 0.1) is 18.3 Å². The SMILES string of the molecule is Cc1nc2c(cc1Cl)/C(=C\C#N)OC21CCN(C(=O)OC(C)(C)C)CC1. The Bertz CT molecular complexity index is 813. The van der Waals surface area contributed by atoms with Crippen molar-refractivity contribution in [1.82, 2.24) is 9.88 Å². The Hall–Kier alpha value is -2.26. The van der Waals surface area contributed by atoms with Crippen molar-refractivity contribution in [2.75, 3.05) is 13.1 Å². The maximum atomic E-state index is 12.3. The standard InChI is InChI=1S/C19H22ClN3O3/c1-12-14(20)11-13-15(5-8-21)25-19(16(13)22-12)6-9-23(10-7-19)17(24)26-18(2,3)4/h5,11H,6-7,9-10H2,1-4H3/b15-5+. The molecule has 6 nitrogen and oxygen atoms in total. The van der Waals surface area contributed by atoms with Gasteiger partial charge < -0.3 is 14.4 Å². The molecule has 0 bridgehead atoms. The van der Waals surface area contributed by atoms with E-state index in [-0.39, 0.29) is 6.09 Å². The van der Waals surface area contributed by atoms with Gasteiger partial charge in [-0.05, 0) is 33.8 Å². The number of carbonyl (C=O) groups is 1. The van der Waals surface area contributed by atoms with E-state index in [0.717, 1.165) is 17.0 Å². The van der Waals surface area contributed by atoms with Gasteiger partial charge in [-0.2, -0.15) is 5.26 Å². The summed E-state index contributed by atoms with van der Waals surface area (Å²) < 4.78 is 11.6. The van der Waals surface area contributed by atoms with Gasteiger partial charge in [0.25, 0.3) is 0 Å². The van der Waals surface area contributed by atoms with Gasteiger partial charge in [0.2, 0.25) is 0 Å². The van der Waals surface area contributed by atoms with Gasteiger partial charge in [0.15, 0.2) is 5.60 Å². The van der Waals surface area contributed by atoms with Gasteiger partial charge in [-0.3, -0.25) is 4.98 Å². The number of hydrogen-bond donors (Lipinski definition) is 0. The van der Waals surface area contributed by atoms with Gasteiger partial charge in [0.05, 0.1) is 28.6 Å². The molecule has 1 fully saturated rings. The van der Waals surface area contributed by atoms with Crippen molar-refractivity contribution in [2.45, 2.75) is 51.7 Å². The number of fused-ring (bicyclic) bond motifs is 2. The molecule has 7 heteroatoms. The predicted molar refractivity (Wildman–Crippen MR) is 97.4 cm³/mol. The second-order valence-corrected chi connectivity index (χ2v) is 8.06. The topological polar surface area (TPSA) is 75.5 Å². The van der Waals surface area contributed by atoms with Crippen molar-refractivity contribution in [2.24, 2.45) is 0 Å². The molecule has 2 aliphatic heterocycles. The number of nitrogens with zero attached hydrogens (tertiary/aromatic N) is 3. The molecule has 1 aromatic rings. The maximum Gasteiger partial charge on any atom is 0.410 e. The van der Waals surface area contributed by atoms with E-state index in [2.05, 4.69) is 4.98 Å². The molecule has 138 valence electrons. The van der Waals surface area contributed by atoms with E-state index in [1.54, 1.807) is 11.0 Å². The number of aryl methyl sites for hydroxylation is 1. The Morgan fingerprint density at radius 3 is 2.69 bits per heavy atom. The van der Waals surface area contributed by atoms with Crippen LogP contribution in [-0.4, -0.2) is 34.7 Å². The van der Waals surface area contributed by atoms with E-state index in [0.29, 0.717) is 36.7 Å². The average Bonchev–Trinajstić information content (AvgIpc) is 2.81. The van der Waals surface area contributed by atoms with Crippen LogP contribution in [0.3, 0.4) is 0 Å². The number of pyridine rings is 1. The van der Waals surface area contributed by atoms with Gasteiger partial charge in [0, 0.05) is 31.5 Å². The zero-order valence-electron chi connectivity index (χ0n) is 15.4. The van der Waals surface area contributed by atoms with Crippen LogP contribution in [0.5, 0.6) is 0 Å². The lowest BCUT2D eigenvalue weighted by atomic mass is 9.87. The lowest BCUT2D eigenvalue weighted by molar-refractivity contribution is -0.0286. The van der Waals surface area contributed by atoms with E-state index in [1.165, 1.54) is 6.08 Å². The third kappa shape index (κ3) is 3.36.